The molecule has 3 atom stereocenters. The molecule has 0 bridgehead atoms. The number of carbonyl (C=O) groups is 1. The second kappa shape index (κ2) is 13.5. The highest BCUT2D eigenvalue weighted by Crippen LogP contribution is 2.34. The number of hydrogen-bond donors (Lipinski definition) is 4. The third-order valence-corrected chi connectivity index (χ3v) is 8.02. The van der Waals surface area contributed by atoms with E-state index in [9.17, 15) is 20.1 Å². The van der Waals surface area contributed by atoms with E-state index < -0.39 is 12.2 Å². The summed E-state index contributed by atoms with van der Waals surface area (Å²) in [6.07, 6.45) is 8.06. The van der Waals surface area contributed by atoms with Gasteiger partial charge in [-0.05, 0) is 65.6 Å². The van der Waals surface area contributed by atoms with Gasteiger partial charge >= 0.3 is 0 Å². The van der Waals surface area contributed by atoms with Crippen molar-refractivity contribution in [1.82, 2.24) is 4.90 Å². The topological polar surface area (TPSA) is 141 Å². The molecule has 0 fully saturated rings. The third-order valence-electron chi connectivity index (χ3n) is 8.02. The summed E-state index contributed by atoms with van der Waals surface area (Å²) in [5.41, 5.74) is 13.9. The van der Waals surface area contributed by atoms with Crippen molar-refractivity contribution < 1.29 is 24.9 Å². The van der Waals surface area contributed by atoms with Crippen LogP contribution in [-0.4, -0.2) is 63.9 Å². The number of aliphatic imine (C=N–C) groups is 2. The Hall–Kier alpha value is -3.79. The molecule has 42 heavy (non-hydrogen) atoms. The zero-order valence-corrected chi connectivity index (χ0v) is 24.1. The maximum Gasteiger partial charge on any atom is 0.163 e. The van der Waals surface area contributed by atoms with Crippen LogP contribution in [0.1, 0.15) is 67.4 Å². The maximum absolute atomic E-state index is 12.4. The van der Waals surface area contributed by atoms with Crippen molar-refractivity contribution in [3.8, 4) is 11.5 Å². The number of nitrogens with two attached hydrogens (primary N) is 1. The molecule has 5 N–H and O–H groups in total. The molecule has 222 valence electrons. The Morgan fingerprint density at radius 1 is 1.21 bits per heavy atom. The summed E-state index contributed by atoms with van der Waals surface area (Å²) >= 11 is 0. The van der Waals surface area contributed by atoms with Crippen LogP contribution in [0.2, 0.25) is 0 Å². The smallest absolute Gasteiger partial charge is 0.163 e. The van der Waals surface area contributed by atoms with Crippen LogP contribution in [0.3, 0.4) is 0 Å². The van der Waals surface area contributed by atoms with Gasteiger partial charge in [-0.2, -0.15) is 0 Å². The highest BCUT2D eigenvalue weighted by molar-refractivity contribution is 5.87. The van der Waals surface area contributed by atoms with E-state index in [0.29, 0.717) is 25.1 Å². The molecule has 0 spiro atoms. The molecule has 0 saturated heterocycles. The number of Topliss-reactive ketones (excluding diaryl/α,β-unsaturated/α-hetero) is 1. The number of ether oxygens (including phenoxy) is 1. The number of aromatic hydroxyl groups is 1. The number of nitrogens with zero attached hydrogens (tertiary/aromatic N) is 3. The summed E-state index contributed by atoms with van der Waals surface area (Å²) in [4.78, 5) is 23.4. The maximum atomic E-state index is 12.4. The van der Waals surface area contributed by atoms with Crippen molar-refractivity contribution in [2.45, 2.75) is 76.7 Å². The number of fused-ring (bicyclic) bond motifs is 2. The molecule has 0 aromatic heterocycles. The molecular formula is C33H40N4O5. The fraction of sp³-hybridized carbons (Fsp3) is 0.424. The first kappa shape index (κ1) is 29.7. The van der Waals surface area contributed by atoms with Crippen LogP contribution in [0.15, 0.2) is 69.4 Å². The van der Waals surface area contributed by atoms with Gasteiger partial charge in [-0.25, -0.2) is 0 Å². The average Bonchev–Trinajstić information content (AvgIpc) is 3.53. The van der Waals surface area contributed by atoms with Crippen LogP contribution >= 0.6 is 0 Å². The van der Waals surface area contributed by atoms with Gasteiger partial charge in [0.1, 0.15) is 11.9 Å². The molecule has 3 aliphatic rings. The molecule has 2 aromatic carbocycles. The average molecular weight is 573 g/mol. The summed E-state index contributed by atoms with van der Waals surface area (Å²) in [5.74, 6) is 0.323. The normalized spacial score (nSPS) is 18.6. The molecule has 0 aliphatic carbocycles. The summed E-state index contributed by atoms with van der Waals surface area (Å²) in [7, 11) is 0. The lowest BCUT2D eigenvalue weighted by atomic mass is 9.91. The summed E-state index contributed by atoms with van der Waals surface area (Å²) < 4.78 is 5.98. The van der Waals surface area contributed by atoms with Crippen molar-refractivity contribution in [1.29, 1.82) is 0 Å². The number of phenolic OH excluding ortho intramolecular Hbond substituents is 1. The summed E-state index contributed by atoms with van der Waals surface area (Å²) in [6, 6.07) is 11.3. The molecule has 0 amide bonds. The van der Waals surface area contributed by atoms with E-state index in [0.717, 1.165) is 36.1 Å². The van der Waals surface area contributed by atoms with Crippen LogP contribution in [-0.2, 0) is 24.1 Å². The minimum atomic E-state index is -0.836. The number of ketones is 1. The second-order valence-corrected chi connectivity index (χ2v) is 11.3. The van der Waals surface area contributed by atoms with Gasteiger partial charge in [0.25, 0.3) is 0 Å². The Balaban J connectivity index is 1.14. The van der Waals surface area contributed by atoms with E-state index in [2.05, 4.69) is 22.1 Å². The van der Waals surface area contributed by atoms with E-state index in [1.54, 1.807) is 18.2 Å². The Labute approximate surface area is 246 Å². The van der Waals surface area contributed by atoms with Gasteiger partial charge < -0.3 is 30.7 Å². The predicted octanol–water partition coefficient (Wildman–Crippen LogP) is 3.90. The van der Waals surface area contributed by atoms with Gasteiger partial charge in [0.2, 0.25) is 0 Å². The first-order chi connectivity index (χ1) is 20.3. The minimum absolute atomic E-state index is 0.0285. The predicted molar refractivity (Wildman–Crippen MR) is 163 cm³/mol. The number of aliphatic hydroxyl groups excluding tert-OH is 2. The summed E-state index contributed by atoms with van der Waals surface area (Å²) in [5, 5.41) is 30.4. The molecule has 3 unspecified atom stereocenters. The Morgan fingerprint density at radius 2 is 2.07 bits per heavy atom. The molecular weight excluding hydrogens is 532 g/mol. The van der Waals surface area contributed by atoms with Crippen molar-refractivity contribution >= 4 is 18.2 Å². The van der Waals surface area contributed by atoms with E-state index in [-0.39, 0.29) is 43.7 Å². The van der Waals surface area contributed by atoms with Crippen molar-refractivity contribution in [3.63, 3.8) is 0 Å². The van der Waals surface area contributed by atoms with Gasteiger partial charge in [0, 0.05) is 50.0 Å². The Morgan fingerprint density at radius 3 is 2.90 bits per heavy atom. The van der Waals surface area contributed by atoms with Gasteiger partial charge in [0.15, 0.2) is 18.2 Å². The lowest BCUT2D eigenvalue weighted by molar-refractivity contribution is -0.121. The number of allylic oxidation sites excluding steroid dienone is 1. The van der Waals surface area contributed by atoms with Gasteiger partial charge in [-0.1, -0.05) is 37.6 Å². The van der Waals surface area contributed by atoms with Crippen LogP contribution in [0.25, 0.3) is 0 Å². The number of aliphatic hydroxyl groups is 2. The molecule has 3 aliphatic heterocycles. The zero-order chi connectivity index (χ0) is 29.6. The molecule has 9 nitrogen and oxygen atoms in total. The van der Waals surface area contributed by atoms with E-state index in [1.165, 1.54) is 22.3 Å². The Bertz CT molecular complexity index is 1430. The second-order valence-electron chi connectivity index (χ2n) is 11.3. The molecule has 3 heterocycles. The van der Waals surface area contributed by atoms with E-state index >= 15 is 0 Å². The van der Waals surface area contributed by atoms with Crippen LogP contribution in [0, 0.1) is 0 Å². The van der Waals surface area contributed by atoms with Gasteiger partial charge in [0.05, 0.1) is 17.9 Å². The first-order valence-corrected chi connectivity index (χ1v) is 14.7. The van der Waals surface area contributed by atoms with Gasteiger partial charge in [-0.3, -0.25) is 14.8 Å². The van der Waals surface area contributed by atoms with Crippen LogP contribution in [0.5, 0.6) is 11.5 Å². The minimum Gasteiger partial charge on any atom is -0.504 e. The standard InChI is InChI=1S/C33H40N4O5/c1-2-4-24(38)15-26(40)16-25(39)9-7-21-8-10-31(41)32(13-21)42-20-37-18-29-23(17-36-30(29)19-37)14-22-5-3-6-28-27(22)11-12-35-33(28)34/h3,5-6,8,10,12-13,17,19,24,26,33,38,40-41H,2,4,7,9,11,14-16,18,20,34H2,1H3. The fourth-order valence-corrected chi connectivity index (χ4v) is 5.79. The Kier molecular flexibility index (Phi) is 9.51. The lowest BCUT2D eigenvalue weighted by Gasteiger charge is -2.20. The molecule has 0 saturated carbocycles. The van der Waals surface area contributed by atoms with E-state index in [1.807, 2.05) is 36.5 Å². The summed E-state index contributed by atoms with van der Waals surface area (Å²) in [6.45, 7) is 2.87. The molecule has 0 radical (unpaired) electrons. The number of benzene rings is 2. The van der Waals surface area contributed by atoms with Crippen molar-refractivity contribution in [3.05, 3.63) is 81.7 Å². The quantitative estimate of drug-likeness (QED) is 0.269. The number of phenols is 1. The lowest BCUT2D eigenvalue weighted by Crippen LogP contribution is -2.22. The highest BCUT2D eigenvalue weighted by atomic mass is 16.5. The van der Waals surface area contributed by atoms with Crippen molar-refractivity contribution in [2.24, 2.45) is 15.7 Å². The fourth-order valence-electron chi connectivity index (χ4n) is 5.79. The van der Waals surface area contributed by atoms with Crippen LogP contribution in [0.4, 0.5) is 0 Å². The SMILES string of the molecule is CCCC(O)CC(O)CC(=O)CCc1ccc(O)c(OCN2C=C3N=CC(Cc4cccc5c4CC=NC5N)=C3C2)c1. The van der Waals surface area contributed by atoms with Crippen molar-refractivity contribution in [2.75, 3.05) is 13.3 Å². The third kappa shape index (κ3) is 7.15. The zero-order valence-electron chi connectivity index (χ0n) is 24.1. The first-order valence-electron chi connectivity index (χ1n) is 14.7. The highest BCUT2D eigenvalue weighted by Gasteiger charge is 2.26. The van der Waals surface area contributed by atoms with Crippen LogP contribution < -0.4 is 10.5 Å². The molecule has 2 aromatic rings. The monoisotopic (exact) mass is 572 g/mol. The number of rotatable bonds is 14. The van der Waals surface area contributed by atoms with E-state index in [4.69, 9.17) is 10.5 Å². The number of hydrogen-bond acceptors (Lipinski definition) is 9. The molecule has 5 rings (SSSR count). The number of carbonyl (C=O) groups excluding carboxylic acids is 1. The number of aryl methyl sites for hydroxylation is 1. The molecule has 9 heteroatoms. The van der Waals surface area contributed by atoms with Gasteiger partial charge in [-0.15, -0.1) is 0 Å². The largest absolute Gasteiger partial charge is 0.504 e.